The van der Waals surface area contributed by atoms with Crippen LogP contribution in [0.5, 0.6) is 0 Å². The van der Waals surface area contributed by atoms with E-state index in [1.54, 1.807) is 0 Å². The summed E-state index contributed by atoms with van der Waals surface area (Å²) in [5.74, 6) is -3.16. The molecule has 1 aromatic rings. The molecule has 0 saturated carbocycles. The summed E-state index contributed by atoms with van der Waals surface area (Å²) in [5, 5.41) is 21.1. The second-order valence-electron chi connectivity index (χ2n) is 3.42. The SMILES string of the molecule is O=C(Nc1cc(F)c(Br)cc1F)N[C@@H](CO)C(=O)O. The lowest BCUT2D eigenvalue weighted by Gasteiger charge is -2.13. The zero-order valence-electron chi connectivity index (χ0n) is 9.28. The molecule has 1 atom stereocenters. The van der Waals surface area contributed by atoms with Crippen LogP contribution in [-0.4, -0.2) is 34.9 Å². The molecule has 0 fully saturated rings. The molecule has 0 aliphatic rings. The van der Waals surface area contributed by atoms with Gasteiger partial charge in [-0.25, -0.2) is 18.4 Å². The maximum atomic E-state index is 13.4. The van der Waals surface area contributed by atoms with Crippen molar-refractivity contribution in [2.75, 3.05) is 11.9 Å². The van der Waals surface area contributed by atoms with Gasteiger partial charge in [-0.3, -0.25) is 0 Å². The van der Waals surface area contributed by atoms with Crippen LogP contribution in [0.3, 0.4) is 0 Å². The molecule has 6 nitrogen and oxygen atoms in total. The Morgan fingerprint density at radius 1 is 1.32 bits per heavy atom. The van der Waals surface area contributed by atoms with Crippen LogP contribution in [0.15, 0.2) is 16.6 Å². The summed E-state index contributed by atoms with van der Waals surface area (Å²) in [5.41, 5.74) is -0.458. The normalized spacial score (nSPS) is 11.8. The van der Waals surface area contributed by atoms with Gasteiger partial charge in [0, 0.05) is 6.07 Å². The molecule has 0 aromatic heterocycles. The minimum absolute atomic E-state index is 0.116. The average molecular weight is 339 g/mol. The highest BCUT2D eigenvalue weighted by Crippen LogP contribution is 2.23. The lowest BCUT2D eigenvalue weighted by atomic mass is 10.3. The van der Waals surface area contributed by atoms with Gasteiger partial charge in [-0.05, 0) is 22.0 Å². The van der Waals surface area contributed by atoms with Gasteiger partial charge in [-0.15, -0.1) is 0 Å². The molecule has 2 amide bonds. The van der Waals surface area contributed by atoms with Crippen molar-refractivity contribution in [2.24, 2.45) is 0 Å². The van der Waals surface area contributed by atoms with Crippen molar-refractivity contribution < 1.29 is 28.6 Å². The number of rotatable bonds is 4. The van der Waals surface area contributed by atoms with Gasteiger partial charge >= 0.3 is 12.0 Å². The number of carboxylic acids is 1. The van der Waals surface area contributed by atoms with Crippen molar-refractivity contribution in [2.45, 2.75) is 6.04 Å². The summed E-state index contributed by atoms with van der Waals surface area (Å²) in [6.07, 6.45) is 0. The molecule has 4 N–H and O–H groups in total. The van der Waals surface area contributed by atoms with Gasteiger partial charge in [0.15, 0.2) is 6.04 Å². The molecule has 0 saturated heterocycles. The largest absolute Gasteiger partial charge is 0.480 e. The molecule has 19 heavy (non-hydrogen) atoms. The third-order valence-corrected chi connectivity index (χ3v) is 2.65. The minimum Gasteiger partial charge on any atom is -0.480 e. The Labute approximate surface area is 114 Å². The maximum absolute atomic E-state index is 13.4. The van der Waals surface area contributed by atoms with Gasteiger partial charge in [0.05, 0.1) is 16.8 Å². The quantitative estimate of drug-likeness (QED) is 0.622. The molecule has 0 bridgehead atoms. The molecular formula is C10H9BrF2N2O4. The Kier molecular flexibility index (Phi) is 5.19. The van der Waals surface area contributed by atoms with E-state index in [9.17, 15) is 18.4 Å². The van der Waals surface area contributed by atoms with Gasteiger partial charge in [-0.1, -0.05) is 0 Å². The maximum Gasteiger partial charge on any atom is 0.328 e. The van der Waals surface area contributed by atoms with Crippen molar-refractivity contribution in [1.29, 1.82) is 0 Å². The van der Waals surface area contributed by atoms with E-state index in [0.29, 0.717) is 0 Å². The number of urea groups is 1. The van der Waals surface area contributed by atoms with Crippen molar-refractivity contribution in [1.82, 2.24) is 5.32 Å². The first-order chi connectivity index (χ1) is 8.85. The van der Waals surface area contributed by atoms with E-state index in [4.69, 9.17) is 10.2 Å². The van der Waals surface area contributed by atoms with Crippen LogP contribution in [0.4, 0.5) is 19.3 Å². The molecule has 0 heterocycles. The summed E-state index contributed by atoms with van der Waals surface area (Å²) in [6, 6.07) is -1.08. The van der Waals surface area contributed by atoms with Crippen LogP contribution in [0.25, 0.3) is 0 Å². The van der Waals surface area contributed by atoms with E-state index < -0.39 is 42.0 Å². The minimum atomic E-state index is -1.54. The van der Waals surface area contributed by atoms with E-state index in [0.717, 1.165) is 12.1 Å². The van der Waals surface area contributed by atoms with Crippen LogP contribution in [0.2, 0.25) is 0 Å². The van der Waals surface area contributed by atoms with Gasteiger partial charge in [0.1, 0.15) is 11.6 Å². The number of carboxylic acid groups (broad SMARTS) is 1. The van der Waals surface area contributed by atoms with Gasteiger partial charge in [-0.2, -0.15) is 0 Å². The molecule has 0 radical (unpaired) electrons. The molecule has 104 valence electrons. The lowest BCUT2D eigenvalue weighted by molar-refractivity contribution is -0.140. The third-order valence-electron chi connectivity index (χ3n) is 2.04. The predicted molar refractivity (Wildman–Crippen MR) is 64.7 cm³/mol. The number of benzene rings is 1. The molecule has 1 aromatic carbocycles. The smallest absolute Gasteiger partial charge is 0.328 e. The first-order valence-corrected chi connectivity index (χ1v) is 5.70. The van der Waals surface area contributed by atoms with Crippen LogP contribution in [0, 0.1) is 11.6 Å². The fourth-order valence-corrected chi connectivity index (χ4v) is 1.44. The van der Waals surface area contributed by atoms with E-state index in [-0.39, 0.29) is 4.47 Å². The average Bonchev–Trinajstić information content (AvgIpc) is 2.32. The highest BCUT2D eigenvalue weighted by atomic mass is 79.9. The molecule has 0 aliphatic heterocycles. The van der Waals surface area contributed by atoms with E-state index in [2.05, 4.69) is 15.9 Å². The third kappa shape index (κ3) is 4.14. The lowest BCUT2D eigenvalue weighted by Crippen LogP contribution is -2.45. The second kappa shape index (κ2) is 6.43. The van der Waals surface area contributed by atoms with E-state index in [1.165, 1.54) is 0 Å². The van der Waals surface area contributed by atoms with Crippen molar-refractivity contribution in [3.8, 4) is 0 Å². The molecule has 0 unspecified atom stereocenters. The first-order valence-electron chi connectivity index (χ1n) is 4.91. The van der Waals surface area contributed by atoms with Gasteiger partial charge in [0.25, 0.3) is 0 Å². The van der Waals surface area contributed by atoms with Crippen LogP contribution < -0.4 is 10.6 Å². The summed E-state index contributed by atoms with van der Waals surface area (Å²) in [6.45, 7) is -0.833. The van der Waals surface area contributed by atoms with Crippen molar-refractivity contribution in [3.63, 3.8) is 0 Å². The fraction of sp³-hybridized carbons (Fsp3) is 0.200. The Bertz CT molecular complexity index is 513. The van der Waals surface area contributed by atoms with Crippen molar-refractivity contribution >= 4 is 33.6 Å². The number of amides is 2. The Balaban J connectivity index is 2.77. The standard InChI is InChI=1S/C10H9BrF2N2O4/c11-4-1-6(13)7(2-5(4)12)14-10(19)15-8(3-16)9(17)18/h1-2,8,16H,3H2,(H,17,18)(H2,14,15,19)/t8-/m0/s1. The van der Waals surface area contributed by atoms with Crippen molar-refractivity contribution in [3.05, 3.63) is 28.2 Å². The zero-order chi connectivity index (χ0) is 14.6. The number of aliphatic hydroxyl groups excluding tert-OH is 1. The second-order valence-corrected chi connectivity index (χ2v) is 4.27. The topological polar surface area (TPSA) is 98.7 Å². The number of aliphatic carboxylic acids is 1. The monoisotopic (exact) mass is 338 g/mol. The zero-order valence-corrected chi connectivity index (χ0v) is 10.9. The van der Waals surface area contributed by atoms with Crippen LogP contribution in [0.1, 0.15) is 0 Å². The number of carbonyl (C=O) groups is 2. The number of hydrogen-bond acceptors (Lipinski definition) is 3. The Morgan fingerprint density at radius 2 is 1.95 bits per heavy atom. The number of anilines is 1. The van der Waals surface area contributed by atoms with Gasteiger partial charge < -0.3 is 20.8 Å². The van der Waals surface area contributed by atoms with Crippen LogP contribution in [-0.2, 0) is 4.79 Å². The Hall–Kier alpha value is -1.74. The number of carbonyl (C=O) groups excluding carboxylic acids is 1. The van der Waals surface area contributed by atoms with E-state index >= 15 is 0 Å². The number of halogens is 3. The highest BCUT2D eigenvalue weighted by Gasteiger charge is 2.19. The molecule has 0 aliphatic carbocycles. The number of hydrogen-bond donors (Lipinski definition) is 4. The number of aliphatic hydroxyl groups is 1. The van der Waals surface area contributed by atoms with Crippen LogP contribution >= 0.6 is 15.9 Å². The van der Waals surface area contributed by atoms with Gasteiger partial charge in [0.2, 0.25) is 0 Å². The highest BCUT2D eigenvalue weighted by molar-refractivity contribution is 9.10. The summed E-state index contributed by atoms with van der Waals surface area (Å²) >= 11 is 2.76. The molecule has 9 heteroatoms. The molecule has 0 spiro atoms. The fourth-order valence-electron chi connectivity index (χ4n) is 1.12. The Morgan fingerprint density at radius 3 is 2.47 bits per heavy atom. The summed E-state index contributed by atoms with van der Waals surface area (Å²) < 4.78 is 26.4. The van der Waals surface area contributed by atoms with E-state index in [1.807, 2.05) is 10.6 Å². The summed E-state index contributed by atoms with van der Waals surface area (Å²) in [7, 11) is 0. The molecular weight excluding hydrogens is 330 g/mol. The number of nitrogens with one attached hydrogen (secondary N) is 2. The summed E-state index contributed by atoms with van der Waals surface area (Å²) in [4.78, 5) is 21.9. The molecule has 1 rings (SSSR count). The first kappa shape index (κ1) is 15.3. The predicted octanol–water partition coefficient (Wildman–Crippen LogP) is 1.29.